The Labute approximate surface area is 178 Å². The zero-order valence-electron chi connectivity index (χ0n) is 16.2. The predicted octanol–water partition coefficient (Wildman–Crippen LogP) is 5.00. The van der Waals surface area contributed by atoms with Crippen LogP contribution in [0.15, 0.2) is 36.4 Å². The predicted molar refractivity (Wildman–Crippen MR) is 113 cm³/mol. The number of hydrogen-bond donors (Lipinski definition) is 1. The number of nitrogens with one attached hydrogen (secondary N) is 1. The van der Waals surface area contributed by atoms with Gasteiger partial charge in [-0.15, -0.1) is 0 Å². The Hall–Kier alpha value is -2.57. The van der Waals surface area contributed by atoms with Crippen molar-refractivity contribution >= 4 is 52.5 Å². The minimum absolute atomic E-state index is 0.0438. The van der Waals surface area contributed by atoms with E-state index < -0.39 is 11.7 Å². The quantitative estimate of drug-likeness (QED) is 0.632. The molecule has 0 bridgehead atoms. The number of rotatable bonds is 0. The molecule has 0 saturated heterocycles. The topological polar surface area (TPSA) is 75.7 Å². The van der Waals surface area contributed by atoms with Crippen molar-refractivity contribution in [3.8, 4) is 0 Å². The third-order valence-electron chi connectivity index (χ3n) is 4.15. The highest BCUT2D eigenvalue weighted by atomic mass is 35.5. The second-order valence-electron chi connectivity index (χ2n) is 7.69. The summed E-state index contributed by atoms with van der Waals surface area (Å²) in [5, 5.41) is 3.86. The molecule has 8 heteroatoms. The van der Waals surface area contributed by atoms with Gasteiger partial charge in [-0.1, -0.05) is 35.3 Å². The third-order valence-corrected chi connectivity index (χ3v) is 4.62. The van der Waals surface area contributed by atoms with E-state index in [1.165, 1.54) is 0 Å². The standard InChI is InChI=1S/C13H14ClNO3.C8H6ClNO/c1-13(2,3)18-12(17)15-10-7-9(14)5-4-8(10)6-11(15)16;9-6-2-1-5-3-8(11)10-7(5)4-6/h4-5,7H,6H2,1-3H3;1-2,4H,3H2,(H,10,11). The van der Waals surface area contributed by atoms with Gasteiger partial charge in [-0.25, -0.2) is 9.69 Å². The molecular weight excluding hydrogens is 415 g/mol. The molecule has 2 aliphatic heterocycles. The Morgan fingerprint density at radius 1 is 1.00 bits per heavy atom. The Morgan fingerprint density at radius 2 is 1.62 bits per heavy atom. The number of benzene rings is 2. The van der Waals surface area contributed by atoms with Gasteiger partial charge >= 0.3 is 6.09 Å². The Bertz CT molecular complexity index is 999. The first-order valence-corrected chi connectivity index (χ1v) is 9.72. The van der Waals surface area contributed by atoms with Crippen molar-refractivity contribution < 1.29 is 19.1 Å². The van der Waals surface area contributed by atoms with Crippen molar-refractivity contribution in [2.75, 3.05) is 10.2 Å². The number of carbonyl (C=O) groups excluding carboxylic acids is 3. The number of hydrogen-bond acceptors (Lipinski definition) is 4. The van der Waals surface area contributed by atoms with E-state index >= 15 is 0 Å². The smallest absolute Gasteiger partial charge is 0.421 e. The highest BCUT2D eigenvalue weighted by Crippen LogP contribution is 2.32. The van der Waals surface area contributed by atoms with Gasteiger partial charge in [0.2, 0.25) is 11.8 Å². The summed E-state index contributed by atoms with van der Waals surface area (Å²) in [7, 11) is 0. The van der Waals surface area contributed by atoms with Gasteiger partial charge in [0.05, 0.1) is 18.5 Å². The average molecular weight is 435 g/mol. The maximum absolute atomic E-state index is 12.0. The molecule has 2 heterocycles. The van der Waals surface area contributed by atoms with Crippen molar-refractivity contribution in [3.63, 3.8) is 0 Å². The molecule has 0 aliphatic carbocycles. The third kappa shape index (κ3) is 5.08. The number of fused-ring (bicyclic) bond motifs is 2. The van der Waals surface area contributed by atoms with E-state index in [4.69, 9.17) is 27.9 Å². The minimum Gasteiger partial charge on any atom is -0.443 e. The van der Waals surface area contributed by atoms with E-state index in [1.54, 1.807) is 51.1 Å². The molecule has 152 valence electrons. The van der Waals surface area contributed by atoms with Gasteiger partial charge in [-0.2, -0.15) is 0 Å². The van der Waals surface area contributed by atoms with Crippen LogP contribution in [-0.4, -0.2) is 23.5 Å². The highest BCUT2D eigenvalue weighted by molar-refractivity contribution is 6.31. The maximum Gasteiger partial charge on any atom is 0.421 e. The van der Waals surface area contributed by atoms with E-state index in [9.17, 15) is 14.4 Å². The summed E-state index contributed by atoms with van der Waals surface area (Å²) in [6, 6.07) is 10.5. The van der Waals surface area contributed by atoms with Gasteiger partial charge in [-0.3, -0.25) is 9.59 Å². The zero-order valence-corrected chi connectivity index (χ0v) is 17.7. The van der Waals surface area contributed by atoms with Crippen molar-refractivity contribution in [3.05, 3.63) is 57.6 Å². The lowest BCUT2D eigenvalue weighted by atomic mass is 10.2. The fraction of sp³-hybridized carbons (Fsp3) is 0.286. The molecular formula is C21H20Cl2N2O4. The Morgan fingerprint density at radius 3 is 2.28 bits per heavy atom. The lowest BCUT2D eigenvalue weighted by Crippen LogP contribution is -2.38. The number of ether oxygens (including phenoxy) is 1. The van der Waals surface area contributed by atoms with Crippen molar-refractivity contribution in [1.29, 1.82) is 0 Å². The van der Waals surface area contributed by atoms with Crippen LogP contribution in [0.4, 0.5) is 16.2 Å². The molecule has 0 aromatic heterocycles. The van der Waals surface area contributed by atoms with Crippen LogP contribution in [0, 0.1) is 0 Å². The average Bonchev–Trinajstić information content (AvgIpc) is 3.11. The van der Waals surface area contributed by atoms with E-state index in [1.807, 2.05) is 6.07 Å². The van der Waals surface area contributed by atoms with E-state index in [0.29, 0.717) is 22.2 Å². The van der Waals surface area contributed by atoms with Gasteiger partial charge in [0.1, 0.15) is 5.60 Å². The van der Waals surface area contributed by atoms with Crippen LogP contribution >= 0.6 is 23.2 Å². The van der Waals surface area contributed by atoms with Crippen LogP contribution in [0.25, 0.3) is 0 Å². The number of halogens is 2. The lowest BCUT2D eigenvalue weighted by Gasteiger charge is -2.23. The number of anilines is 2. The second kappa shape index (κ2) is 8.05. The first kappa shape index (κ1) is 21.1. The van der Waals surface area contributed by atoms with Crippen LogP contribution in [0.1, 0.15) is 31.9 Å². The molecule has 6 nitrogen and oxygen atoms in total. The van der Waals surface area contributed by atoms with E-state index in [2.05, 4.69) is 5.32 Å². The number of nitrogens with zero attached hydrogens (tertiary/aromatic N) is 1. The zero-order chi connectivity index (χ0) is 21.3. The van der Waals surface area contributed by atoms with Crippen LogP contribution in [-0.2, 0) is 27.2 Å². The van der Waals surface area contributed by atoms with Crippen LogP contribution in [0.3, 0.4) is 0 Å². The molecule has 2 aliphatic rings. The molecule has 0 saturated carbocycles. The van der Waals surface area contributed by atoms with Crippen LogP contribution < -0.4 is 10.2 Å². The summed E-state index contributed by atoms with van der Waals surface area (Å²) < 4.78 is 5.21. The summed E-state index contributed by atoms with van der Waals surface area (Å²) >= 11 is 11.6. The molecule has 0 spiro atoms. The van der Waals surface area contributed by atoms with Crippen LogP contribution in [0.2, 0.25) is 10.0 Å². The molecule has 4 rings (SSSR count). The molecule has 2 aromatic rings. The SMILES string of the molecule is CC(C)(C)OC(=O)N1C(=O)Cc2ccc(Cl)cc21.O=C1Cc2ccc(Cl)cc2N1. The normalized spacial score (nSPS) is 14.6. The van der Waals surface area contributed by atoms with Crippen molar-refractivity contribution in [2.24, 2.45) is 0 Å². The van der Waals surface area contributed by atoms with E-state index in [0.717, 1.165) is 21.7 Å². The van der Waals surface area contributed by atoms with Crippen molar-refractivity contribution in [2.45, 2.75) is 39.2 Å². The number of amides is 3. The Balaban J connectivity index is 0.000000186. The van der Waals surface area contributed by atoms with E-state index in [-0.39, 0.29) is 18.2 Å². The fourth-order valence-corrected chi connectivity index (χ4v) is 3.30. The molecule has 2 aromatic carbocycles. The van der Waals surface area contributed by atoms with Gasteiger partial charge in [0.15, 0.2) is 0 Å². The van der Waals surface area contributed by atoms with Gasteiger partial charge in [-0.05, 0) is 56.2 Å². The summed E-state index contributed by atoms with van der Waals surface area (Å²) in [5.41, 5.74) is 2.54. The largest absolute Gasteiger partial charge is 0.443 e. The summed E-state index contributed by atoms with van der Waals surface area (Å²) in [4.78, 5) is 35.7. The monoisotopic (exact) mass is 434 g/mol. The number of carbonyl (C=O) groups is 3. The van der Waals surface area contributed by atoms with Gasteiger partial charge in [0, 0.05) is 15.7 Å². The summed E-state index contributed by atoms with van der Waals surface area (Å²) in [5.74, 6) is -0.246. The first-order valence-electron chi connectivity index (χ1n) is 8.96. The van der Waals surface area contributed by atoms with Crippen molar-refractivity contribution in [1.82, 2.24) is 0 Å². The van der Waals surface area contributed by atoms with Gasteiger partial charge in [0.25, 0.3) is 0 Å². The lowest BCUT2D eigenvalue weighted by molar-refractivity contribution is -0.117. The Kier molecular flexibility index (Phi) is 5.87. The van der Waals surface area contributed by atoms with Gasteiger partial charge < -0.3 is 10.1 Å². The molecule has 0 unspecified atom stereocenters. The summed E-state index contributed by atoms with van der Waals surface area (Å²) in [6.07, 6.45) is 0.0200. The molecule has 1 N–H and O–H groups in total. The molecule has 0 fully saturated rings. The van der Waals surface area contributed by atoms with Crippen LogP contribution in [0.5, 0.6) is 0 Å². The first-order chi connectivity index (χ1) is 13.5. The minimum atomic E-state index is -0.659. The molecule has 0 atom stereocenters. The summed E-state index contributed by atoms with van der Waals surface area (Å²) in [6.45, 7) is 5.26. The fourth-order valence-electron chi connectivity index (χ4n) is 2.97. The molecule has 29 heavy (non-hydrogen) atoms. The maximum atomic E-state index is 12.0. The highest BCUT2D eigenvalue weighted by Gasteiger charge is 2.35. The number of imide groups is 1. The second-order valence-corrected chi connectivity index (χ2v) is 8.56. The molecule has 3 amide bonds. The molecule has 0 radical (unpaired) electrons.